The van der Waals surface area contributed by atoms with Crippen LogP contribution < -0.4 is 10.6 Å². The van der Waals surface area contributed by atoms with E-state index in [0.29, 0.717) is 4.99 Å². The Morgan fingerprint density at radius 2 is 1.47 bits per heavy atom. The van der Waals surface area contributed by atoms with Gasteiger partial charge in [0.05, 0.1) is 0 Å². The number of nitrogens with zero attached hydrogens (tertiary/aromatic N) is 1. The zero-order chi connectivity index (χ0) is 12.3. The number of nitrogens with two attached hydrogens (primary N) is 1. The lowest BCUT2D eigenvalue weighted by Crippen LogP contribution is -2.11. The molecule has 0 amide bonds. The van der Waals surface area contributed by atoms with E-state index in [0.717, 1.165) is 16.9 Å². The average molecular weight is 242 g/mol. The molecule has 0 radical (unpaired) electrons. The topological polar surface area (TPSA) is 29.3 Å². The molecule has 2 aromatic carbocycles. The second kappa shape index (κ2) is 4.97. The zero-order valence-electron chi connectivity index (χ0n) is 9.63. The van der Waals surface area contributed by atoms with Crippen molar-refractivity contribution in [3.05, 3.63) is 60.2 Å². The minimum absolute atomic E-state index is 0.430. The van der Waals surface area contributed by atoms with Crippen LogP contribution in [0.1, 0.15) is 5.56 Å². The summed E-state index contributed by atoms with van der Waals surface area (Å²) in [5.74, 6) is 0. The quantitative estimate of drug-likeness (QED) is 0.839. The second-order valence-corrected chi connectivity index (χ2v) is 4.25. The maximum Gasteiger partial charge on any atom is 0.103 e. The third-order valence-corrected chi connectivity index (χ3v) is 2.92. The molecule has 0 heterocycles. The van der Waals surface area contributed by atoms with Gasteiger partial charge < -0.3 is 10.6 Å². The van der Waals surface area contributed by atoms with Gasteiger partial charge in [0, 0.05) is 24.0 Å². The van der Waals surface area contributed by atoms with Crippen molar-refractivity contribution in [1.82, 2.24) is 0 Å². The van der Waals surface area contributed by atoms with E-state index in [1.165, 1.54) is 0 Å². The van der Waals surface area contributed by atoms with E-state index in [-0.39, 0.29) is 0 Å². The monoisotopic (exact) mass is 242 g/mol. The molecule has 17 heavy (non-hydrogen) atoms. The molecule has 0 aliphatic heterocycles. The Labute approximate surface area is 107 Å². The summed E-state index contributed by atoms with van der Waals surface area (Å²) in [5.41, 5.74) is 8.72. The third-order valence-electron chi connectivity index (χ3n) is 2.68. The lowest BCUT2D eigenvalue weighted by molar-refractivity contribution is 1.21. The first kappa shape index (κ1) is 11.6. The molecule has 0 aliphatic rings. The Morgan fingerprint density at radius 1 is 0.941 bits per heavy atom. The highest BCUT2D eigenvalue weighted by atomic mass is 32.1. The van der Waals surface area contributed by atoms with Gasteiger partial charge in [0.25, 0.3) is 0 Å². The van der Waals surface area contributed by atoms with Gasteiger partial charge in [0.15, 0.2) is 0 Å². The summed E-state index contributed by atoms with van der Waals surface area (Å²) in [7, 11) is 2.03. The highest BCUT2D eigenvalue weighted by Gasteiger charge is 2.03. The molecule has 2 aromatic rings. The van der Waals surface area contributed by atoms with Crippen molar-refractivity contribution >= 4 is 28.6 Å². The fraction of sp³-hybridized carbons (Fsp3) is 0.0714. The lowest BCUT2D eigenvalue weighted by atomic mass is 10.2. The number of thiocarbonyl (C=S) groups is 1. The number of hydrogen-bond donors (Lipinski definition) is 1. The van der Waals surface area contributed by atoms with Crippen LogP contribution in [0, 0.1) is 0 Å². The van der Waals surface area contributed by atoms with E-state index in [1.54, 1.807) is 0 Å². The molecule has 0 saturated carbocycles. The Kier molecular flexibility index (Phi) is 3.40. The Bertz CT molecular complexity index is 506. The second-order valence-electron chi connectivity index (χ2n) is 3.81. The molecule has 0 aromatic heterocycles. The Morgan fingerprint density at radius 3 is 2.00 bits per heavy atom. The summed E-state index contributed by atoms with van der Waals surface area (Å²) in [6.07, 6.45) is 0. The van der Waals surface area contributed by atoms with Gasteiger partial charge in [0.1, 0.15) is 4.99 Å². The van der Waals surface area contributed by atoms with E-state index in [9.17, 15) is 0 Å². The molecule has 0 saturated heterocycles. The molecule has 2 nitrogen and oxygen atoms in total. The summed E-state index contributed by atoms with van der Waals surface area (Å²) < 4.78 is 0. The van der Waals surface area contributed by atoms with E-state index in [1.807, 2.05) is 49.5 Å². The highest BCUT2D eigenvalue weighted by Crippen LogP contribution is 2.23. The third kappa shape index (κ3) is 2.63. The first-order valence-electron chi connectivity index (χ1n) is 5.37. The van der Waals surface area contributed by atoms with Crippen molar-refractivity contribution in [2.75, 3.05) is 11.9 Å². The minimum Gasteiger partial charge on any atom is -0.389 e. The Hall–Kier alpha value is -1.87. The molecule has 0 fully saturated rings. The first-order valence-corrected chi connectivity index (χ1v) is 5.78. The smallest absolute Gasteiger partial charge is 0.103 e. The van der Waals surface area contributed by atoms with Gasteiger partial charge in [-0.05, 0) is 36.4 Å². The normalized spacial score (nSPS) is 9.94. The van der Waals surface area contributed by atoms with E-state index in [4.69, 9.17) is 18.0 Å². The van der Waals surface area contributed by atoms with Gasteiger partial charge in [-0.1, -0.05) is 30.4 Å². The number of benzene rings is 2. The largest absolute Gasteiger partial charge is 0.389 e. The maximum absolute atomic E-state index is 5.57. The van der Waals surface area contributed by atoms with Crippen molar-refractivity contribution in [1.29, 1.82) is 0 Å². The van der Waals surface area contributed by atoms with Gasteiger partial charge in [-0.3, -0.25) is 0 Å². The summed E-state index contributed by atoms with van der Waals surface area (Å²) in [6.45, 7) is 0. The van der Waals surface area contributed by atoms with Crippen molar-refractivity contribution in [2.45, 2.75) is 0 Å². The van der Waals surface area contributed by atoms with Crippen molar-refractivity contribution in [3.8, 4) is 0 Å². The summed E-state index contributed by atoms with van der Waals surface area (Å²) in [4.78, 5) is 2.54. The highest BCUT2D eigenvalue weighted by molar-refractivity contribution is 7.80. The first-order chi connectivity index (χ1) is 8.18. The van der Waals surface area contributed by atoms with Crippen LogP contribution >= 0.6 is 12.2 Å². The van der Waals surface area contributed by atoms with Crippen LogP contribution in [-0.2, 0) is 0 Å². The molecule has 86 valence electrons. The van der Waals surface area contributed by atoms with Crippen LogP contribution in [0.15, 0.2) is 54.6 Å². The minimum atomic E-state index is 0.430. The molecule has 3 heteroatoms. The van der Waals surface area contributed by atoms with Gasteiger partial charge in [-0.25, -0.2) is 0 Å². The molecule has 0 bridgehead atoms. The molecule has 2 N–H and O–H groups in total. The van der Waals surface area contributed by atoms with E-state index in [2.05, 4.69) is 17.0 Å². The van der Waals surface area contributed by atoms with Crippen LogP contribution in [0.2, 0.25) is 0 Å². The molecular weight excluding hydrogens is 228 g/mol. The summed E-state index contributed by atoms with van der Waals surface area (Å²) in [5, 5.41) is 0. The molecule has 2 rings (SSSR count). The zero-order valence-corrected chi connectivity index (χ0v) is 10.4. The standard InChI is InChI=1S/C14H14N2S/c1-16(12-5-3-2-4-6-12)13-9-7-11(8-10-13)14(15)17/h2-10H,1H3,(H2,15,17). The number of para-hydroxylation sites is 1. The predicted octanol–water partition coefficient (Wildman–Crippen LogP) is 3.09. The summed E-state index contributed by atoms with van der Waals surface area (Å²) in [6, 6.07) is 18.1. The van der Waals surface area contributed by atoms with Crippen LogP contribution in [0.3, 0.4) is 0 Å². The predicted molar refractivity (Wildman–Crippen MR) is 76.8 cm³/mol. The maximum atomic E-state index is 5.57. The van der Waals surface area contributed by atoms with Crippen LogP contribution in [0.25, 0.3) is 0 Å². The van der Waals surface area contributed by atoms with Gasteiger partial charge in [-0.2, -0.15) is 0 Å². The van der Waals surface area contributed by atoms with Crippen LogP contribution in [0.5, 0.6) is 0 Å². The number of anilines is 2. The molecule has 0 spiro atoms. The van der Waals surface area contributed by atoms with Crippen LogP contribution in [-0.4, -0.2) is 12.0 Å². The molecule has 0 atom stereocenters. The number of hydrogen-bond acceptors (Lipinski definition) is 2. The lowest BCUT2D eigenvalue weighted by Gasteiger charge is -2.19. The average Bonchev–Trinajstić information content (AvgIpc) is 2.39. The molecular formula is C14H14N2S. The van der Waals surface area contributed by atoms with Crippen molar-refractivity contribution in [2.24, 2.45) is 5.73 Å². The number of rotatable bonds is 3. The van der Waals surface area contributed by atoms with E-state index < -0.39 is 0 Å². The fourth-order valence-corrected chi connectivity index (χ4v) is 1.79. The SMILES string of the molecule is CN(c1ccccc1)c1ccc(C(N)=S)cc1. The molecule has 0 unspecified atom stereocenters. The van der Waals surface area contributed by atoms with Crippen molar-refractivity contribution in [3.63, 3.8) is 0 Å². The fourth-order valence-electron chi connectivity index (χ4n) is 1.65. The van der Waals surface area contributed by atoms with Gasteiger partial charge in [-0.15, -0.1) is 0 Å². The van der Waals surface area contributed by atoms with E-state index >= 15 is 0 Å². The van der Waals surface area contributed by atoms with Crippen molar-refractivity contribution < 1.29 is 0 Å². The van der Waals surface area contributed by atoms with Gasteiger partial charge in [0.2, 0.25) is 0 Å². The van der Waals surface area contributed by atoms with Gasteiger partial charge >= 0.3 is 0 Å². The molecule has 0 aliphatic carbocycles. The summed E-state index contributed by atoms with van der Waals surface area (Å²) >= 11 is 4.93. The Balaban J connectivity index is 2.26. The van der Waals surface area contributed by atoms with Crippen LogP contribution in [0.4, 0.5) is 11.4 Å².